The SMILES string of the molecule is CCC(C=CC(C)C1CCC2C3CCC4=CC(=O)CC[C@]4(C)C3CC[C@]12C)C(C)C. The Bertz CT molecular complexity index is 714. The van der Waals surface area contributed by atoms with E-state index in [1.807, 2.05) is 0 Å². The minimum Gasteiger partial charge on any atom is -0.295 e. The predicted molar refractivity (Wildman–Crippen MR) is 127 cm³/mol. The quantitative estimate of drug-likeness (QED) is 0.419. The Morgan fingerprint density at radius 2 is 1.77 bits per heavy atom. The number of carbonyl (C=O) groups excluding carboxylic acids is 1. The zero-order valence-electron chi connectivity index (χ0n) is 20.5. The highest BCUT2D eigenvalue weighted by Gasteiger charge is 2.59. The molecule has 30 heavy (non-hydrogen) atoms. The van der Waals surface area contributed by atoms with Crippen molar-refractivity contribution in [2.75, 3.05) is 0 Å². The van der Waals surface area contributed by atoms with Crippen molar-refractivity contribution in [3.8, 4) is 0 Å². The fraction of sp³-hybridized carbons (Fsp3) is 0.828. The first kappa shape index (κ1) is 22.3. The van der Waals surface area contributed by atoms with E-state index >= 15 is 0 Å². The summed E-state index contributed by atoms with van der Waals surface area (Å²) in [7, 11) is 0. The Hall–Kier alpha value is -0.850. The standard InChI is InChI=1S/C29H46O/c1-7-21(19(2)3)9-8-20(4)25-12-13-26-24-11-10-22-18-23(30)14-16-28(22,5)27(24)15-17-29(25,26)6/h8-9,18-21,24-27H,7,10-17H2,1-6H3/t20?,21?,24?,25?,26?,27?,28-,29+/m0/s1. The average molecular weight is 411 g/mol. The molecule has 0 spiro atoms. The lowest BCUT2D eigenvalue weighted by Crippen LogP contribution is -2.50. The Kier molecular flexibility index (Phi) is 6.15. The van der Waals surface area contributed by atoms with Gasteiger partial charge in [0.25, 0.3) is 0 Å². The largest absolute Gasteiger partial charge is 0.295 e. The van der Waals surface area contributed by atoms with Crippen LogP contribution < -0.4 is 0 Å². The molecule has 6 unspecified atom stereocenters. The molecule has 0 heterocycles. The topological polar surface area (TPSA) is 17.1 Å². The Balaban J connectivity index is 1.52. The Morgan fingerprint density at radius 3 is 2.47 bits per heavy atom. The van der Waals surface area contributed by atoms with Crippen molar-refractivity contribution in [2.24, 2.45) is 52.3 Å². The minimum absolute atomic E-state index is 0.313. The van der Waals surface area contributed by atoms with Crippen LogP contribution in [0.3, 0.4) is 0 Å². The second-order valence-corrected chi connectivity index (χ2v) is 12.3. The lowest BCUT2D eigenvalue weighted by molar-refractivity contribution is -0.117. The number of fused-ring (bicyclic) bond motifs is 5. The van der Waals surface area contributed by atoms with Crippen LogP contribution in [0, 0.1) is 52.3 Å². The van der Waals surface area contributed by atoms with Crippen LogP contribution in [-0.4, -0.2) is 5.78 Å². The van der Waals surface area contributed by atoms with Crippen molar-refractivity contribution in [3.05, 3.63) is 23.8 Å². The van der Waals surface area contributed by atoms with Gasteiger partial charge in [-0.2, -0.15) is 0 Å². The maximum absolute atomic E-state index is 12.1. The van der Waals surface area contributed by atoms with Gasteiger partial charge in [-0.05, 0) is 110 Å². The van der Waals surface area contributed by atoms with Crippen molar-refractivity contribution in [3.63, 3.8) is 0 Å². The van der Waals surface area contributed by atoms with Gasteiger partial charge in [-0.1, -0.05) is 59.3 Å². The number of allylic oxidation sites excluding steroid dienone is 3. The van der Waals surface area contributed by atoms with Crippen LogP contribution >= 0.6 is 0 Å². The molecule has 3 saturated carbocycles. The number of carbonyl (C=O) groups is 1. The summed E-state index contributed by atoms with van der Waals surface area (Å²) in [6.07, 6.45) is 18.5. The molecule has 3 fully saturated rings. The molecule has 0 aliphatic heterocycles. The molecule has 1 heteroatoms. The van der Waals surface area contributed by atoms with Crippen LogP contribution in [0.4, 0.5) is 0 Å². The van der Waals surface area contributed by atoms with E-state index in [2.05, 4.69) is 59.8 Å². The van der Waals surface area contributed by atoms with Crippen LogP contribution in [0.25, 0.3) is 0 Å². The van der Waals surface area contributed by atoms with Gasteiger partial charge in [-0.25, -0.2) is 0 Å². The fourth-order valence-corrected chi connectivity index (χ4v) is 8.75. The van der Waals surface area contributed by atoms with E-state index in [1.165, 1.54) is 50.5 Å². The zero-order chi connectivity index (χ0) is 21.7. The van der Waals surface area contributed by atoms with E-state index in [-0.39, 0.29) is 0 Å². The van der Waals surface area contributed by atoms with E-state index in [9.17, 15) is 4.79 Å². The average Bonchev–Trinajstić information content (AvgIpc) is 3.06. The molecule has 0 amide bonds. The first-order valence-corrected chi connectivity index (χ1v) is 13.1. The van der Waals surface area contributed by atoms with Crippen LogP contribution in [-0.2, 0) is 4.79 Å². The molecule has 0 aromatic heterocycles. The molecule has 4 aliphatic rings. The van der Waals surface area contributed by atoms with Gasteiger partial charge < -0.3 is 0 Å². The zero-order valence-corrected chi connectivity index (χ0v) is 20.5. The van der Waals surface area contributed by atoms with Crippen LogP contribution in [0.15, 0.2) is 23.8 Å². The highest BCUT2D eigenvalue weighted by Crippen LogP contribution is 2.67. The highest BCUT2D eigenvalue weighted by molar-refractivity contribution is 5.91. The van der Waals surface area contributed by atoms with Crippen molar-refractivity contribution in [2.45, 2.75) is 99.3 Å². The number of ketones is 1. The molecule has 4 rings (SSSR count). The van der Waals surface area contributed by atoms with E-state index in [4.69, 9.17) is 0 Å². The minimum atomic E-state index is 0.313. The second kappa shape index (κ2) is 8.25. The molecule has 1 nitrogen and oxygen atoms in total. The molecule has 4 aliphatic carbocycles. The third-order valence-electron chi connectivity index (χ3n) is 10.7. The molecular formula is C29H46O. The second-order valence-electron chi connectivity index (χ2n) is 12.3. The summed E-state index contributed by atoms with van der Waals surface area (Å²) in [4.78, 5) is 12.1. The van der Waals surface area contributed by atoms with Gasteiger partial charge in [0.15, 0.2) is 5.78 Å². The van der Waals surface area contributed by atoms with Gasteiger partial charge in [-0.15, -0.1) is 0 Å². The van der Waals surface area contributed by atoms with Crippen molar-refractivity contribution in [1.82, 2.24) is 0 Å². The van der Waals surface area contributed by atoms with Crippen LogP contribution in [0.2, 0.25) is 0 Å². The van der Waals surface area contributed by atoms with E-state index in [1.54, 1.807) is 0 Å². The smallest absolute Gasteiger partial charge is 0.155 e. The summed E-state index contributed by atoms with van der Waals surface area (Å²) in [6.45, 7) is 14.7. The summed E-state index contributed by atoms with van der Waals surface area (Å²) in [6, 6.07) is 0. The van der Waals surface area contributed by atoms with Crippen molar-refractivity contribution < 1.29 is 4.79 Å². The van der Waals surface area contributed by atoms with Crippen molar-refractivity contribution in [1.29, 1.82) is 0 Å². The fourth-order valence-electron chi connectivity index (χ4n) is 8.75. The van der Waals surface area contributed by atoms with Crippen molar-refractivity contribution >= 4 is 5.78 Å². The van der Waals surface area contributed by atoms with Crippen LogP contribution in [0.1, 0.15) is 99.3 Å². The molecule has 0 aromatic carbocycles. The molecular weight excluding hydrogens is 364 g/mol. The highest BCUT2D eigenvalue weighted by atomic mass is 16.1. The van der Waals surface area contributed by atoms with E-state index in [0.29, 0.717) is 22.5 Å². The monoisotopic (exact) mass is 410 g/mol. The molecule has 0 aromatic rings. The first-order valence-electron chi connectivity index (χ1n) is 13.1. The summed E-state index contributed by atoms with van der Waals surface area (Å²) in [5, 5.41) is 0. The number of hydrogen-bond acceptors (Lipinski definition) is 1. The van der Waals surface area contributed by atoms with Gasteiger partial charge in [0.1, 0.15) is 0 Å². The molecule has 168 valence electrons. The van der Waals surface area contributed by atoms with Gasteiger partial charge in [0, 0.05) is 6.42 Å². The van der Waals surface area contributed by atoms with Gasteiger partial charge in [0.05, 0.1) is 0 Å². The molecule has 0 bridgehead atoms. The number of rotatable bonds is 5. The molecule has 0 N–H and O–H groups in total. The normalized spacial score (nSPS) is 43.2. The maximum atomic E-state index is 12.1. The van der Waals surface area contributed by atoms with Gasteiger partial charge in [0.2, 0.25) is 0 Å². The van der Waals surface area contributed by atoms with Gasteiger partial charge >= 0.3 is 0 Å². The first-order chi connectivity index (χ1) is 14.2. The Morgan fingerprint density at radius 1 is 1.00 bits per heavy atom. The maximum Gasteiger partial charge on any atom is 0.155 e. The summed E-state index contributed by atoms with van der Waals surface area (Å²) < 4.78 is 0. The number of hydrogen-bond donors (Lipinski definition) is 0. The van der Waals surface area contributed by atoms with Gasteiger partial charge in [-0.3, -0.25) is 4.79 Å². The van der Waals surface area contributed by atoms with Crippen LogP contribution in [0.5, 0.6) is 0 Å². The third-order valence-corrected chi connectivity index (χ3v) is 10.7. The summed E-state index contributed by atoms with van der Waals surface area (Å²) in [5.41, 5.74) is 2.34. The predicted octanol–water partition coefficient (Wildman–Crippen LogP) is 8.01. The van der Waals surface area contributed by atoms with E-state index < -0.39 is 0 Å². The molecule has 0 radical (unpaired) electrons. The summed E-state index contributed by atoms with van der Waals surface area (Å²) >= 11 is 0. The third kappa shape index (κ3) is 3.57. The lowest BCUT2D eigenvalue weighted by Gasteiger charge is -2.58. The summed E-state index contributed by atoms with van der Waals surface area (Å²) in [5.74, 6) is 6.01. The Labute approximate surface area is 186 Å². The molecule has 8 atom stereocenters. The molecule has 0 saturated heterocycles. The lowest BCUT2D eigenvalue weighted by atomic mass is 9.46. The van der Waals surface area contributed by atoms with E-state index in [0.717, 1.165) is 48.3 Å².